The molecule has 0 spiro atoms. The first-order chi connectivity index (χ1) is 9.79. The Bertz CT molecular complexity index is 435. The minimum absolute atomic E-state index is 0.103. The van der Waals surface area contributed by atoms with Crippen LogP contribution in [0, 0.1) is 5.92 Å². The molecule has 4 nitrogen and oxygen atoms in total. The van der Waals surface area contributed by atoms with Gasteiger partial charge in [0, 0.05) is 25.4 Å². The zero-order chi connectivity index (χ0) is 14.2. The van der Waals surface area contributed by atoms with Gasteiger partial charge in [0.15, 0.2) is 0 Å². The van der Waals surface area contributed by atoms with Crippen LogP contribution >= 0.6 is 0 Å². The second kappa shape index (κ2) is 8.22. The lowest BCUT2D eigenvalue weighted by molar-refractivity contribution is 0.176. The molecule has 1 fully saturated rings. The molecule has 0 saturated carbocycles. The second-order valence-electron chi connectivity index (χ2n) is 5.72. The molecule has 0 aromatic carbocycles. The molecule has 2 rings (SSSR count). The first kappa shape index (κ1) is 15.3. The van der Waals surface area contributed by atoms with Gasteiger partial charge in [0.2, 0.25) is 0 Å². The highest BCUT2D eigenvalue weighted by Gasteiger charge is 2.18. The third kappa shape index (κ3) is 4.76. The highest BCUT2D eigenvalue weighted by atomic mass is 16.1. The van der Waals surface area contributed by atoms with Gasteiger partial charge < -0.3 is 14.8 Å². The monoisotopic (exact) mass is 277 g/mol. The molecule has 0 atom stereocenters. The fourth-order valence-corrected chi connectivity index (χ4v) is 2.79. The van der Waals surface area contributed by atoms with Crippen LogP contribution in [0.2, 0.25) is 0 Å². The Morgan fingerprint density at radius 1 is 1.25 bits per heavy atom. The molecule has 1 saturated heterocycles. The van der Waals surface area contributed by atoms with Crippen LogP contribution in [0.25, 0.3) is 0 Å². The topological polar surface area (TPSA) is 37.3 Å². The Kier molecular flexibility index (Phi) is 6.27. The van der Waals surface area contributed by atoms with Crippen LogP contribution in [0.4, 0.5) is 0 Å². The minimum Gasteiger partial charge on any atom is -0.316 e. The summed E-state index contributed by atoms with van der Waals surface area (Å²) in [5.74, 6) is 0.831. The molecule has 4 heteroatoms. The van der Waals surface area contributed by atoms with E-state index >= 15 is 0 Å². The summed E-state index contributed by atoms with van der Waals surface area (Å²) in [5.41, 5.74) is 0.103. The summed E-state index contributed by atoms with van der Waals surface area (Å²) in [6, 6.07) is 5.35. The van der Waals surface area contributed by atoms with E-state index in [9.17, 15) is 4.79 Å². The van der Waals surface area contributed by atoms with Crippen molar-refractivity contribution in [1.29, 1.82) is 0 Å². The average Bonchev–Trinajstić information content (AvgIpc) is 2.48. The minimum atomic E-state index is 0.103. The lowest BCUT2D eigenvalue weighted by Gasteiger charge is -2.32. The van der Waals surface area contributed by atoms with Crippen LogP contribution in [-0.4, -0.2) is 42.2 Å². The van der Waals surface area contributed by atoms with Crippen LogP contribution in [0.15, 0.2) is 29.2 Å². The number of aromatic nitrogens is 1. The van der Waals surface area contributed by atoms with Gasteiger partial charge in [-0.25, -0.2) is 0 Å². The molecule has 1 N–H and O–H groups in total. The predicted molar refractivity (Wildman–Crippen MR) is 83.0 cm³/mol. The van der Waals surface area contributed by atoms with Gasteiger partial charge in [0.1, 0.15) is 0 Å². The molecule has 20 heavy (non-hydrogen) atoms. The Balaban J connectivity index is 1.67. The van der Waals surface area contributed by atoms with Gasteiger partial charge in [-0.1, -0.05) is 13.0 Å². The predicted octanol–water partition coefficient (Wildman–Crippen LogP) is 1.56. The number of likely N-dealkylation sites (tertiary alicyclic amines) is 1. The average molecular weight is 277 g/mol. The van der Waals surface area contributed by atoms with Crippen LogP contribution < -0.4 is 10.9 Å². The van der Waals surface area contributed by atoms with Gasteiger partial charge >= 0.3 is 0 Å². The van der Waals surface area contributed by atoms with Crippen molar-refractivity contribution in [2.45, 2.75) is 32.7 Å². The molecule has 0 radical (unpaired) electrons. The largest absolute Gasteiger partial charge is 0.316 e. The highest BCUT2D eigenvalue weighted by molar-refractivity contribution is 4.93. The number of hydrogen-bond donors (Lipinski definition) is 1. The summed E-state index contributed by atoms with van der Waals surface area (Å²) in [5, 5.41) is 3.52. The normalized spacial score (nSPS) is 17.4. The van der Waals surface area contributed by atoms with E-state index < -0.39 is 0 Å². The molecule has 112 valence electrons. The van der Waals surface area contributed by atoms with Crippen molar-refractivity contribution in [3.63, 3.8) is 0 Å². The van der Waals surface area contributed by atoms with Crippen molar-refractivity contribution in [2.24, 2.45) is 5.92 Å². The molecule has 0 amide bonds. The van der Waals surface area contributed by atoms with Crippen LogP contribution in [0.3, 0.4) is 0 Å². The number of hydrogen-bond acceptors (Lipinski definition) is 3. The van der Waals surface area contributed by atoms with Crippen molar-refractivity contribution in [1.82, 2.24) is 14.8 Å². The van der Waals surface area contributed by atoms with Crippen LogP contribution in [0.5, 0.6) is 0 Å². The summed E-state index contributed by atoms with van der Waals surface area (Å²) < 4.78 is 1.80. The summed E-state index contributed by atoms with van der Waals surface area (Å²) in [6.45, 7) is 8.63. The van der Waals surface area contributed by atoms with E-state index in [0.717, 1.165) is 25.6 Å². The zero-order valence-corrected chi connectivity index (χ0v) is 12.6. The molecule has 2 heterocycles. The van der Waals surface area contributed by atoms with Crippen molar-refractivity contribution in [3.05, 3.63) is 34.7 Å². The molecule has 0 bridgehead atoms. The SMILES string of the molecule is CCCNCC1CCN(CCn2ccccc2=O)CC1. The summed E-state index contributed by atoms with van der Waals surface area (Å²) >= 11 is 0. The van der Waals surface area contributed by atoms with E-state index in [-0.39, 0.29) is 5.56 Å². The Labute approximate surface area is 121 Å². The van der Waals surface area contributed by atoms with Crippen molar-refractivity contribution in [3.8, 4) is 0 Å². The van der Waals surface area contributed by atoms with E-state index in [4.69, 9.17) is 0 Å². The molecule has 0 unspecified atom stereocenters. The second-order valence-corrected chi connectivity index (χ2v) is 5.72. The van der Waals surface area contributed by atoms with E-state index in [1.807, 2.05) is 12.3 Å². The summed E-state index contributed by atoms with van der Waals surface area (Å²) in [4.78, 5) is 14.1. The number of nitrogens with zero attached hydrogens (tertiary/aromatic N) is 2. The fraction of sp³-hybridized carbons (Fsp3) is 0.688. The van der Waals surface area contributed by atoms with E-state index in [1.165, 1.54) is 38.9 Å². The Hall–Kier alpha value is -1.13. The van der Waals surface area contributed by atoms with Gasteiger partial charge in [-0.05, 0) is 57.4 Å². The van der Waals surface area contributed by atoms with E-state index in [2.05, 4.69) is 17.1 Å². The number of nitrogens with one attached hydrogen (secondary N) is 1. The number of piperidine rings is 1. The quantitative estimate of drug-likeness (QED) is 0.769. The molecule has 0 aliphatic carbocycles. The van der Waals surface area contributed by atoms with Gasteiger partial charge in [0.05, 0.1) is 0 Å². The Morgan fingerprint density at radius 2 is 2.05 bits per heavy atom. The fourth-order valence-electron chi connectivity index (χ4n) is 2.79. The smallest absolute Gasteiger partial charge is 0.250 e. The first-order valence-corrected chi connectivity index (χ1v) is 7.88. The van der Waals surface area contributed by atoms with Gasteiger partial charge in [-0.2, -0.15) is 0 Å². The van der Waals surface area contributed by atoms with Crippen molar-refractivity contribution < 1.29 is 0 Å². The Morgan fingerprint density at radius 3 is 2.75 bits per heavy atom. The van der Waals surface area contributed by atoms with Gasteiger partial charge in [0.25, 0.3) is 5.56 Å². The molecule has 1 aromatic heterocycles. The molecule has 1 aliphatic heterocycles. The van der Waals surface area contributed by atoms with E-state index in [0.29, 0.717) is 0 Å². The lowest BCUT2D eigenvalue weighted by Crippen LogP contribution is -2.39. The maximum absolute atomic E-state index is 11.6. The molecular formula is C16H27N3O. The highest BCUT2D eigenvalue weighted by Crippen LogP contribution is 2.16. The standard InChI is InChI=1S/C16H27N3O/c1-2-8-17-14-15-6-10-18(11-7-15)12-13-19-9-4-3-5-16(19)20/h3-5,9,15,17H,2,6-8,10-14H2,1H3. The van der Waals surface area contributed by atoms with E-state index in [1.54, 1.807) is 16.7 Å². The third-order valence-corrected chi connectivity index (χ3v) is 4.12. The summed E-state index contributed by atoms with van der Waals surface area (Å²) in [7, 11) is 0. The van der Waals surface area contributed by atoms with Gasteiger partial charge in [-0.3, -0.25) is 4.79 Å². The maximum atomic E-state index is 11.6. The van der Waals surface area contributed by atoms with Crippen LogP contribution in [0.1, 0.15) is 26.2 Å². The first-order valence-electron chi connectivity index (χ1n) is 7.88. The molecular weight excluding hydrogens is 250 g/mol. The number of rotatable bonds is 7. The maximum Gasteiger partial charge on any atom is 0.250 e. The molecule has 1 aliphatic rings. The van der Waals surface area contributed by atoms with Crippen LogP contribution in [-0.2, 0) is 6.54 Å². The third-order valence-electron chi connectivity index (χ3n) is 4.12. The van der Waals surface area contributed by atoms with Crippen molar-refractivity contribution in [2.75, 3.05) is 32.7 Å². The van der Waals surface area contributed by atoms with Crippen molar-refractivity contribution >= 4 is 0 Å². The molecule has 1 aromatic rings. The van der Waals surface area contributed by atoms with Gasteiger partial charge in [-0.15, -0.1) is 0 Å². The number of pyridine rings is 1. The summed E-state index contributed by atoms with van der Waals surface area (Å²) in [6.07, 6.45) is 5.65. The zero-order valence-electron chi connectivity index (χ0n) is 12.6. The lowest BCUT2D eigenvalue weighted by atomic mass is 9.97.